The highest BCUT2D eigenvalue weighted by Crippen LogP contribution is 2.46. The maximum atomic E-state index is 13.4. The fraction of sp³-hybridized carbons (Fsp3) is 0.345. The van der Waals surface area contributed by atoms with E-state index < -0.39 is 12.0 Å². The Kier molecular flexibility index (Phi) is 8.46. The number of methoxy groups -OCH3 is 2. The topological polar surface area (TPSA) is 89.5 Å². The van der Waals surface area contributed by atoms with Crippen molar-refractivity contribution in [2.24, 2.45) is 4.99 Å². The number of nitrogens with zero attached hydrogens (tertiary/aromatic N) is 2. The normalized spacial score (nSPS) is 17.4. The number of nitrogens with one attached hydrogen (secondary N) is 1. The molecule has 0 saturated heterocycles. The first-order valence-electron chi connectivity index (χ1n) is 12.4. The SMILES string of the molecule is COc1ccc([C@H]2C(C(=O)OC(C)C)=C(C)N=C3SC=C(CC(=O)N[C@@H](C)c4ccccc4)N32)cc1OC. The lowest BCUT2D eigenvalue weighted by atomic mass is 9.93. The molecule has 0 aliphatic carbocycles. The third-order valence-electron chi connectivity index (χ3n) is 6.31. The number of ether oxygens (including phenoxy) is 3. The number of esters is 1. The summed E-state index contributed by atoms with van der Waals surface area (Å²) in [5.41, 5.74) is 3.55. The predicted octanol–water partition coefficient (Wildman–Crippen LogP) is 5.50. The number of aliphatic imine (C=N–C) groups is 1. The van der Waals surface area contributed by atoms with Gasteiger partial charge in [0.1, 0.15) is 0 Å². The summed E-state index contributed by atoms with van der Waals surface area (Å²) in [5.74, 6) is 0.542. The molecule has 2 aromatic carbocycles. The average Bonchev–Trinajstić information content (AvgIpc) is 3.28. The molecule has 200 valence electrons. The summed E-state index contributed by atoms with van der Waals surface area (Å²) in [6, 6.07) is 14.7. The van der Waals surface area contributed by atoms with E-state index in [2.05, 4.69) is 5.32 Å². The van der Waals surface area contributed by atoms with Crippen LogP contribution in [0.1, 0.15) is 57.3 Å². The van der Waals surface area contributed by atoms with Crippen LogP contribution >= 0.6 is 11.8 Å². The monoisotopic (exact) mass is 535 g/mol. The predicted molar refractivity (Wildman–Crippen MR) is 149 cm³/mol. The van der Waals surface area contributed by atoms with Gasteiger partial charge in [-0.3, -0.25) is 4.79 Å². The van der Waals surface area contributed by atoms with Crippen molar-refractivity contribution in [1.82, 2.24) is 10.2 Å². The highest BCUT2D eigenvalue weighted by Gasteiger charge is 2.41. The Morgan fingerprint density at radius 2 is 1.76 bits per heavy atom. The van der Waals surface area contributed by atoms with Crippen molar-refractivity contribution in [2.75, 3.05) is 14.2 Å². The molecule has 2 aliphatic rings. The zero-order valence-electron chi connectivity index (χ0n) is 22.5. The van der Waals surface area contributed by atoms with Gasteiger partial charge in [-0.05, 0) is 56.4 Å². The van der Waals surface area contributed by atoms with Crippen molar-refractivity contribution in [2.45, 2.75) is 52.3 Å². The van der Waals surface area contributed by atoms with E-state index in [4.69, 9.17) is 19.2 Å². The molecule has 8 nitrogen and oxygen atoms in total. The van der Waals surface area contributed by atoms with Gasteiger partial charge in [0.25, 0.3) is 0 Å². The quantitative estimate of drug-likeness (QED) is 0.424. The number of amides is 1. The van der Waals surface area contributed by atoms with Gasteiger partial charge in [0.15, 0.2) is 16.7 Å². The minimum atomic E-state index is -0.561. The van der Waals surface area contributed by atoms with Gasteiger partial charge in [-0.2, -0.15) is 0 Å². The zero-order valence-corrected chi connectivity index (χ0v) is 23.3. The molecule has 0 fully saturated rings. The first-order chi connectivity index (χ1) is 18.2. The Morgan fingerprint density at radius 3 is 2.42 bits per heavy atom. The summed E-state index contributed by atoms with van der Waals surface area (Å²) in [6.45, 7) is 7.39. The number of rotatable bonds is 9. The summed E-state index contributed by atoms with van der Waals surface area (Å²) in [7, 11) is 3.14. The van der Waals surface area contributed by atoms with Crippen LogP contribution in [0.3, 0.4) is 0 Å². The largest absolute Gasteiger partial charge is 0.493 e. The Morgan fingerprint density at radius 1 is 1.05 bits per heavy atom. The molecule has 2 aliphatic heterocycles. The van der Waals surface area contributed by atoms with E-state index in [0.29, 0.717) is 27.9 Å². The maximum absolute atomic E-state index is 13.4. The molecule has 9 heteroatoms. The van der Waals surface area contributed by atoms with Gasteiger partial charge >= 0.3 is 5.97 Å². The summed E-state index contributed by atoms with van der Waals surface area (Å²) in [5, 5.41) is 5.70. The Bertz CT molecular complexity index is 1300. The number of carbonyl (C=O) groups is 2. The van der Waals surface area contributed by atoms with E-state index in [-0.39, 0.29) is 24.5 Å². The lowest BCUT2D eigenvalue weighted by Gasteiger charge is -2.36. The number of carbonyl (C=O) groups excluding carboxylic acids is 2. The molecular formula is C29H33N3O5S. The van der Waals surface area contributed by atoms with E-state index >= 15 is 0 Å². The number of thioether (sulfide) groups is 1. The van der Waals surface area contributed by atoms with Crippen LogP contribution in [-0.4, -0.2) is 42.3 Å². The van der Waals surface area contributed by atoms with Crippen molar-refractivity contribution in [1.29, 1.82) is 0 Å². The third-order valence-corrected chi connectivity index (χ3v) is 7.19. The highest BCUT2D eigenvalue weighted by atomic mass is 32.2. The molecule has 1 N–H and O–H groups in total. The van der Waals surface area contributed by atoms with E-state index in [9.17, 15) is 9.59 Å². The lowest BCUT2D eigenvalue weighted by Crippen LogP contribution is -2.38. The highest BCUT2D eigenvalue weighted by molar-refractivity contribution is 8.16. The van der Waals surface area contributed by atoms with Gasteiger partial charge in [0, 0.05) is 5.70 Å². The van der Waals surface area contributed by atoms with E-state index in [0.717, 1.165) is 16.8 Å². The number of fused-ring (bicyclic) bond motifs is 1. The molecule has 4 rings (SSSR count). The van der Waals surface area contributed by atoms with Gasteiger partial charge in [-0.1, -0.05) is 48.2 Å². The maximum Gasteiger partial charge on any atom is 0.338 e. The molecule has 0 radical (unpaired) electrons. The standard InChI is InChI=1S/C29H33N3O5S/c1-17(2)37-28(34)26-19(4)31-29-32(27(26)21-12-13-23(35-5)24(14-21)36-6)22(16-38-29)15-25(33)30-18(3)20-10-8-7-9-11-20/h7-14,16-18,27H,15H2,1-6H3,(H,30,33)/t18-,27-/m0/s1. The molecular weight excluding hydrogens is 502 g/mol. The number of amidine groups is 1. The molecule has 1 amide bonds. The third kappa shape index (κ3) is 5.72. The van der Waals surface area contributed by atoms with Crippen LogP contribution in [0.15, 0.2) is 75.9 Å². The first-order valence-corrected chi connectivity index (χ1v) is 13.3. The van der Waals surface area contributed by atoms with Gasteiger partial charge in [-0.25, -0.2) is 9.79 Å². The Hall–Kier alpha value is -3.72. The molecule has 2 aromatic rings. The molecule has 0 saturated carbocycles. The summed E-state index contributed by atoms with van der Waals surface area (Å²) in [4.78, 5) is 33.2. The number of benzene rings is 2. The fourth-order valence-corrected chi connectivity index (χ4v) is 5.49. The minimum Gasteiger partial charge on any atom is -0.493 e. The zero-order chi connectivity index (χ0) is 27.4. The Labute approximate surface area is 227 Å². The summed E-state index contributed by atoms with van der Waals surface area (Å²) < 4.78 is 16.6. The number of hydrogen-bond acceptors (Lipinski definition) is 8. The van der Waals surface area contributed by atoms with E-state index in [1.54, 1.807) is 20.3 Å². The fourth-order valence-electron chi connectivity index (χ4n) is 4.53. The second kappa shape index (κ2) is 11.8. The van der Waals surface area contributed by atoms with Crippen LogP contribution in [0.5, 0.6) is 11.5 Å². The van der Waals surface area contributed by atoms with Crippen molar-refractivity contribution >= 4 is 28.8 Å². The second-order valence-corrected chi connectivity index (χ2v) is 10.2. The molecule has 0 bridgehead atoms. The van der Waals surface area contributed by atoms with E-state index in [1.807, 2.05) is 80.5 Å². The Balaban J connectivity index is 1.68. The van der Waals surface area contributed by atoms with Crippen LogP contribution in [0, 0.1) is 0 Å². The molecule has 0 spiro atoms. The summed E-state index contributed by atoms with van der Waals surface area (Å²) >= 11 is 1.43. The molecule has 0 aromatic heterocycles. The van der Waals surface area contributed by atoms with Crippen LogP contribution in [0.4, 0.5) is 0 Å². The van der Waals surface area contributed by atoms with E-state index in [1.165, 1.54) is 11.8 Å². The van der Waals surface area contributed by atoms with Gasteiger partial charge < -0.3 is 24.4 Å². The van der Waals surface area contributed by atoms with Crippen LogP contribution < -0.4 is 14.8 Å². The molecule has 0 unspecified atom stereocenters. The average molecular weight is 536 g/mol. The number of allylic oxidation sites excluding steroid dienone is 1. The first kappa shape index (κ1) is 27.3. The second-order valence-electron chi connectivity index (χ2n) is 9.34. The van der Waals surface area contributed by atoms with Crippen molar-refractivity contribution < 1.29 is 23.8 Å². The van der Waals surface area contributed by atoms with Crippen molar-refractivity contribution in [3.8, 4) is 11.5 Å². The number of hydrogen-bond donors (Lipinski definition) is 1. The van der Waals surface area contributed by atoms with Crippen LogP contribution in [0.25, 0.3) is 0 Å². The molecule has 2 heterocycles. The summed E-state index contributed by atoms with van der Waals surface area (Å²) in [6.07, 6.45) is -0.175. The smallest absolute Gasteiger partial charge is 0.338 e. The van der Waals surface area contributed by atoms with Crippen molar-refractivity contribution in [3.05, 3.63) is 82.0 Å². The lowest BCUT2D eigenvalue weighted by molar-refractivity contribution is -0.143. The van der Waals surface area contributed by atoms with Gasteiger partial charge in [-0.15, -0.1) is 0 Å². The molecule has 2 atom stereocenters. The van der Waals surface area contributed by atoms with Gasteiger partial charge in [0.2, 0.25) is 5.91 Å². The van der Waals surface area contributed by atoms with Crippen molar-refractivity contribution in [3.63, 3.8) is 0 Å². The molecule has 38 heavy (non-hydrogen) atoms. The van der Waals surface area contributed by atoms with Crippen LogP contribution in [-0.2, 0) is 14.3 Å². The van der Waals surface area contributed by atoms with Crippen LogP contribution in [0.2, 0.25) is 0 Å². The van der Waals surface area contributed by atoms with Gasteiger partial charge in [0.05, 0.1) is 50.1 Å². The minimum absolute atomic E-state index is 0.124.